The number of aromatic nitrogens is 3. The molecule has 3 rings (SSSR count). The largest absolute Gasteiger partial charge is 0.481 e. The number of benzene rings is 1. The molecule has 2 aromatic rings. The van der Waals surface area contributed by atoms with Crippen LogP contribution in [0.2, 0.25) is 0 Å². The van der Waals surface area contributed by atoms with Crippen molar-refractivity contribution in [3.8, 4) is 11.4 Å². The quantitative estimate of drug-likeness (QED) is 0.466. The molecule has 0 bridgehead atoms. The van der Waals surface area contributed by atoms with Gasteiger partial charge in [-0.1, -0.05) is 17.8 Å². The number of carbonyl (C=O) groups is 1. The molecule has 1 aromatic carbocycles. The first kappa shape index (κ1) is 18.9. The number of hydrogen-bond acceptors (Lipinski definition) is 8. The van der Waals surface area contributed by atoms with Gasteiger partial charge in [0.05, 0.1) is 31.3 Å². The van der Waals surface area contributed by atoms with E-state index >= 15 is 0 Å². The number of allylic oxidation sites excluding steroid dienone is 1. The van der Waals surface area contributed by atoms with Crippen LogP contribution in [0.4, 0.5) is 5.69 Å². The van der Waals surface area contributed by atoms with Crippen LogP contribution in [-0.2, 0) is 9.63 Å². The van der Waals surface area contributed by atoms with Crippen LogP contribution in [0.25, 0.3) is 17.0 Å². The molecule has 0 amide bonds. The van der Waals surface area contributed by atoms with Crippen LogP contribution in [0.15, 0.2) is 34.5 Å². The molecule has 0 saturated carbocycles. The second-order valence-corrected chi connectivity index (χ2v) is 6.61. The zero-order valence-corrected chi connectivity index (χ0v) is 15.8. The Kier molecular flexibility index (Phi) is 6.09. The van der Waals surface area contributed by atoms with Crippen LogP contribution < -0.4 is 5.48 Å². The van der Waals surface area contributed by atoms with Gasteiger partial charge in [0.2, 0.25) is 5.16 Å². The van der Waals surface area contributed by atoms with Crippen LogP contribution in [0.5, 0.6) is 0 Å². The van der Waals surface area contributed by atoms with Gasteiger partial charge in [-0.3, -0.25) is 25.2 Å². The zero-order valence-electron chi connectivity index (χ0n) is 15.0. The molecule has 142 valence electrons. The van der Waals surface area contributed by atoms with Crippen molar-refractivity contribution in [2.75, 3.05) is 31.4 Å². The third-order valence-electron chi connectivity index (χ3n) is 3.80. The van der Waals surface area contributed by atoms with E-state index in [2.05, 4.69) is 38.8 Å². The number of carboxylic acids is 1. The Morgan fingerprint density at radius 3 is 2.89 bits per heavy atom. The van der Waals surface area contributed by atoms with Crippen LogP contribution in [-0.4, -0.2) is 63.4 Å². The van der Waals surface area contributed by atoms with Crippen molar-refractivity contribution in [1.82, 2.24) is 20.2 Å². The summed E-state index contributed by atoms with van der Waals surface area (Å²) in [4.78, 5) is 20.1. The number of thioether (sulfide) groups is 1. The number of aliphatic carboxylic acids is 1. The molecule has 1 aliphatic rings. The van der Waals surface area contributed by atoms with E-state index in [1.165, 1.54) is 0 Å². The number of anilines is 1. The summed E-state index contributed by atoms with van der Waals surface area (Å²) in [7, 11) is 1.54. The summed E-state index contributed by atoms with van der Waals surface area (Å²) in [5, 5.41) is 22.5. The molecule has 1 aliphatic heterocycles. The lowest BCUT2D eigenvalue weighted by atomic mass is 10.0. The number of rotatable bonds is 8. The van der Waals surface area contributed by atoms with Gasteiger partial charge in [-0.25, -0.2) is 4.98 Å². The third kappa shape index (κ3) is 4.86. The van der Waals surface area contributed by atoms with Crippen molar-refractivity contribution in [2.24, 2.45) is 5.10 Å². The van der Waals surface area contributed by atoms with Gasteiger partial charge in [0, 0.05) is 12.1 Å². The number of H-pyrrole nitrogens is 1. The Labute approximate surface area is 160 Å². The van der Waals surface area contributed by atoms with Crippen molar-refractivity contribution < 1.29 is 14.7 Å². The first-order valence-corrected chi connectivity index (χ1v) is 9.28. The summed E-state index contributed by atoms with van der Waals surface area (Å²) in [6, 6.07) is 5.81. The van der Waals surface area contributed by atoms with E-state index in [4.69, 9.17) is 9.94 Å². The molecular formula is C17H20N6O3S. The van der Waals surface area contributed by atoms with Crippen molar-refractivity contribution in [3.05, 3.63) is 29.8 Å². The Hall–Kier alpha value is -2.85. The smallest absolute Gasteiger partial charge is 0.313 e. The predicted octanol–water partition coefficient (Wildman–Crippen LogP) is 2.33. The molecule has 0 radical (unpaired) electrons. The first-order valence-electron chi connectivity index (χ1n) is 8.30. The van der Waals surface area contributed by atoms with Crippen LogP contribution in [0.1, 0.15) is 12.5 Å². The van der Waals surface area contributed by atoms with Gasteiger partial charge < -0.3 is 5.11 Å². The van der Waals surface area contributed by atoms with Gasteiger partial charge in [0.1, 0.15) is 0 Å². The van der Waals surface area contributed by atoms with Crippen LogP contribution >= 0.6 is 11.8 Å². The fourth-order valence-electron chi connectivity index (χ4n) is 2.52. The van der Waals surface area contributed by atoms with E-state index in [0.717, 1.165) is 47.2 Å². The van der Waals surface area contributed by atoms with Gasteiger partial charge in [-0.15, -0.1) is 5.10 Å². The number of carboxylic acid groups (broad SMARTS) is 1. The average Bonchev–Trinajstić information content (AvgIpc) is 3.16. The summed E-state index contributed by atoms with van der Waals surface area (Å²) in [5.41, 5.74) is 6.36. The molecule has 0 fully saturated rings. The lowest BCUT2D eigenvalue weighted by molar-refractivity contribution is -0.133. The molecule has 27 heavy (non-hydrogen) atoms. The number of hydrazone groups is 1. The molecule has 0 unspecified atom stereocenters. The standard InChI is InChI=1S/C17H20N6O3S/c1-3-23-5-4-11(9-18-23)12-6-13(8-14(7-12)22-26-2)16-19-17(21-20-16)27-10-15(24)25/h4,6-9,22H,3,5,10H2,1-2H3,(H,24,25)(H,19,20,21). The highest BCUT2D eigenvalue weighted by Crippen LogP contribution is 2.28. The Morgan fingerprint density at radius 2 is 2.22 bits per heavy atom. The molecule has 0 atom stereocenters. The topological polar surface area (TPSA) is 116 Å². The minimum absolute atomic E-state index is 0.0922. The summed E-state index contributed by atoms with van der Waals surface area (Å²) >= 11 is 1.06. The second kappa shape index (κ2) is 8.69. The SMILES string of the molecule is CCN1CC=C(c2cc(NOC)cc(-c3nc(SCC(=O)O)n[nH]3)c2)C=N1. The Morgan fingerprint density at radius 1 is 1.41 bits per heavy atom. The highest BCUT2D eigenvalue weighted by Gasteiger charge is 2.13. The first-order chi connectivity index (χ1) is 13.1. The molecule has 3 N–H and O–H groups in total. The van der Waals surface area contributed by atoms with E-state index < -0.39 is 5.97 Å². The highest BCUT2D eigenvalue weighted by atomic mass is 32.2. The van der Waals surface area contributed by atoms with E-state index in [0.29, 0.717) is 11.0 Å². The van der Waals surface area contributed by atoms with Gasteiger partial charge in [-0.2, -0.15) is 5.10 Å². The Bertz CT molecular complexity index is 879. The molecule has 2 heterocycles. The van der Waals surface area contributed by atoms with Crippen molar-refractivity contribution >= 4 is 35.2 Å². The lowest BCUT2D eigenvalue weighted by Gasteiger charge is -2.20. The second-order valence-electron chi connectivity index (χ2n) is 5.66. The Balaban J connectivity index is 1.89. The maximum absolute atomic E-state index is 10.7. The highest BCUT2D eigenvalue weighted by molar-refractivity contribution is 7.99. The van der Waals surface area contributed by atoms with E-state index in [-0.39, 0.29) is 5.75 Å². The monoisotopic (exact) mass is 388 g/mol. The summed E-state index contributed by atoms with van der Waals surface area (Å²) < 4.78 is 0. The van der Waals surface area contributed by atoms with E-state index in [1.807, 2.05) is 29.4 Å². The number of aromatic amines is 1. The molecule has 0 aliphatic carbocycles. The number of nitrogens with one attached hydrogen (secondary N) is 2. The van der Waals surface area contributed by atoms with Crippen LogP contribution in [0.3, 0.4) is 0 Å². The summed E-state index contributed by atoms with van der Waals surface area (Å²) in [6.07, 6.45) is 3.94. The minimum Gasteiger partial charge on any atom is -0.481 e. The molecule has 10 heteroatoms. The van der Waals surface area contributed by atoms with Crippen molar-refractivity contribution in [2.45, 2.75) is 12.1 Å². The third-order valence-corrected chi connectivity index (χ3v) is 4.63. The number of nitrogens with zero attached hydrogens (tertiary/aromatic N) is 4. The number of hydrogen-bond donors (Lipinski definition) is 3. The molecule has 1 aromatic heterocycles. The predicted molar refractivity (Wildman–Crippen MR) is 105 cm³/mol. The normalized spacial score (nSPS) is 13.6. The fourth-order valence-corrected chi connectivity index (χ4v) is 3.04. The summed E-state index contributed by atoms with van der Waals surface area (Å²) in [6.45, 7) is 3.66. The van der Waals surface area contributed by atoms with Crippen LogP contribution in [0, 0.1) is 0 Å². The van der Waals surface area contributed by atoms with Gasteiger partial charge >= 0.3 is 5.97 Å². The van der Waals surface area contributed by atoms with E-state index in [1.54, 1.807) is 7.11 Å². The van der Waals surface area contributed by atoms with Crippen molar-refractivity contribution in [3.63, 3.8) is 0 Å². The maximum atomic E-state index is 10.7. The minimum atomic E-state index is -0.912. The zero-order chi connectivity index (χ0) is 19.2. The average molecular weight is 388 g/mol. The lowest BCUT2D eigenvalue weighted by Crippen LogP contribution is -2.20. The van der Waals surface area contributed by atoms with Gasteiger partial charge in [0.25, 0.3) is 0 Å². The number of likely N-dealkylation sites (N-methyl/N-ethyl adjacent to an activating group) is 1. The summed E-state index contributed by atoms with van der Waals surface area (Å²) in [5.74, 6) is -0.456. The molecule has 9 nitrogen and oxygen atoms in total. The molecule has 0 saturated heterocycles. The fraction of sp³-hybridized carbons (Fsp3) is 0.294. The molecular weight excluding hydrogens is 368 g/mol. The van der Waals surface area contributed by atoms with E-state index in [9.17, 15) is 4.79 Å². The van der Waals surface area contributed by atoms with Gasteiger partial charge in [-0.05, 0) is 36.3 Å². The van der Waals surface area contributed by atoms with Crippen molar-refractivity contribution in [1.29, 1.82) is 0 Å². The molecule has 0 spiro atoms. The maximum Gasteiger partial charge on any atom is 0.313 e. The van der Waals surface area contributed by atoms with Gasteiger partial charge in [0.15, 0.2) is 5.82 Å².